The third-order valence-corrected chi connectivity index (χ3v) is 3.17. The van der Waals surface area contributed by atoms with E-state index in [0.29, 0.717) is 11.8 Å². The van der Waals surface area contributed by atoms with Crippen molar-refractivity contribution in [3.63, 3.8) is 0 Å². The number of halogens is 2. The van der Waals surface area contributed by atoms with E-state index in [1.165, 1.54) is 11.1 Å². The first kappa shape index (κ1) is 13.4. The molecule has 0 bridgehead atoms. The van der Waals surface area contributed by atoms with Crippen LogP contribution in [0.5, 0.6) is 0 Å². The van der Waals surface area contributed by atoms with Crippen molar-refractivity contribution in [2.24, 2.45) is 0 Å². The third kappa shape index (κ3) is 8.73. The number of alkyl halides is 2. The Balaban J connectivity index is 3.47. The van der Waals surface area contributed by atoms with Crippen LogP contribution in [0.15, 0.2) is 23.3 Å². The molecule has 0 unspecified atom stereocenters. The molecule has 3 heteroatoms. The molecule has 0 spiro atoms. The molecule has 0 nitrogen and oxygen atoms in total. The van der Waals surface area contributed by atoms with Gasteiger partial charge in [0.15, 0.2) is 0 Å². The smallest absolute Gasteiger partial charge is 0.0431 e. The van der Waals surface area contributed by atoms with Crippen molar-refractivity contribution in [2.75, 3.05) is 23.3 Å². The second-order valence-corrected chi connectivity index (χ2v) is 4.52. The molecule has 0 aromatic rings. The van der Waals surface area contributed by atoms with Crippen molar-refractivity contribution in [3.8, 4) is 0 Å². The van der Waals surface area contributed by atoms with Gasteiger partial charge in [-0.1, -0.05) is 23.3 Å². The standard InChI is InChI=1S/C10H16Cl2S/c1-9(7-11)3-5-13-6-4-10(2)8-12/h3-4H,5-8H2,1-2H3/b9-3+,10-4+. The minimum absolute atomic E-state index is 0.636. The Kier molecular flexibility index (Phi) is 9.27. The molecule has 0 aliphatic rings. The summed E-state index contributed by atoms with van der Waals surface area (Å²) in [5, 5.41) is 0. The van der Waals surface area contributed by atoms with Gasteiger partial charge in [-0.15, -0.1) is 23.2 Å². The van der Waals surface area contributed by atoms with Gasteiger partial charge in [-0.25, -0.2) is 0 Å². The lowest BCUT2D eigenvalue weighted by Crippen LogP contribution is -1.83. The zero-order valence-corrected chi connectivity index (χ0v) is 10.5. The fourth-order valence-corrected chi connectivity index (χ4v) is 1.74. The van der Waals surface area contributed by atoms with Crippen LogP contribution in [-0.2, 0) is 0 Å². The van der Waals surface area contributed by atoms with Gasteiger partial charge in [-0.2, -0.15) is 11.8 Å². The van der Waals surface area contributed by atoms with Crippen LogP contribution < -0.4 is 0 Å². The quantitative estimate of drug-likeness (QED) is 0.382. The largest absolute Gasteiger partial charge is 0.154 e. The number of rotatable bonds is 6. The van der Waals surface area contributed by atoms with Crippen LogP contribution in [0.3, 0.4) is 0 Å². The fraction of sp³-hybridized carbons (Fsp3) is 0.600. The minimum Gasteiger partial charge on any atom is -0.154 e. The summed E-state index contributed by atoms with van der Waals surface area (Å²) in [5.74, 6) is 3.34. The van der Waals surface area contributed by atoms with Gasteiger partial charge in [0, 0.05) is 23.3 Å². The average molecular weight is 239 g/mol. The molecule has 0 aliphatic carbocycles. The summed E-state index contributed by atoms with van der Waals surface area (Å²) < 4.78 is 0. The van der Waals surface area contributed by atoms with Gasteiger partial charge in [0.1, 0.15) is 0 Å². The van der Waals surface area contributed by atoms with Crippen molar-refractivity contribution in [1.29, 1.82) is 0 Å². The Hall–Kier alpha value is 0.410. The molecular weight excluding hydrogens is 223 g/mol. The Morgan fingerprint density at radius 3 is 1.69 bits per heavy atom. The summed E-state index contributed by atoms with van der Waals surface area (Å²) in [6.45, 7) is 4.10. The molecule has 0 rings (SSSR count). The van der Waals surface area contributed by atoms with Gasteiger partial charge in [0.05, 0.1) is 0 Å². The van der Waals surface area contributed by atoms with Crippen molar-refractivity contribution >= 4 is 35.0 Å². The fourth-order valence-electron chi connectivity index (χ4n) is 0.580. The van der Waals surface area contributed by atoms with E-state index in [2.05, 4.69) is 12.2 Å². The minimum atomic E-state index is 0.636. The number of allylic oxidation sites excluding steroid dienone is 2. The molecule has 0 aromatic heterocycles. The van der Waals surface area contributed by atoms with Gasteiger partial charge in [-0.05, 0) is 13.8 Å². The molecule has 0 heterocycles. The molecule has 0 aromatic carbocycles. The Morgan fingerprint density at radius 1 is 1.00 bits per heavy atom. The first-order valence-corrected chi connectivity index (χ1v) is 6.44. The molecule has 0 radical (unpaired) electrons. The maximum Gasteiger partial charge on any atom is 0.0431 e. The highest BCUT2D eigenvalue weighted by Gasteiger charge is 1.87. The van der Waals surface area contributed by atoms with Gasteiger partial charge in [0.25, 0.3) is 0 Å². The molecule has 13 heavy (non-hydrogen) atoms. The summed E-state index contributed by atoms with van der Waals surface area (Å²) in [6, 6.07) is 0. The maximum absolute atomic E-state index is 5.63. The van der Waals surface area contributed by atoms with Crippen LogP contribution in [0.2, 0.25) is 0 Å². The maximum atomic E-state index is 5.63. The van der Waals surface area contributed by atoms with Crippen molar-refractivity contribution in [2.45, 2.75) is 13.8 Å². The molecule has 0 atom stereocenters. The van der Waals surface area contributed by atoms with E-state index in [1.807, 2.05) is 25.6 Å². The predicted octanol–water partition coefficient (Wildman–Crippen LogP) is 4.09. The number of hydrogen-bond acceptors (Lipinski definition) is 1. The molecule has 0 N–H and O–H groups in total. The van der Waals surface area contributed by atoms with Crippen LogP contribution in [0, 0.1) is 0 Å². The van der Waals surface area contributed by atoms with Crippen molar-refractivity contribution in [3.05, 3.63) is 23.3 Å². The van der Waals surface area contributed by atoms with Gasteiger partial charge in [0.2, 0.25) is 0 Å². The van der Waals surface area contributed by atoms with Crippen LogP contribution in [0.25, 0.3) is 0 Å². The highest BCUT2D eigenvalue weighted by Crippen LogP contribution is 2.06. The molecule has 0 saturated carbocycles. The van der Waals surface area contributed by atoms with Crippen molar-refractivity contribution in [1.82, 2.24) is 0 Å². The Labute approximate surface area is 95.4 Å². The van der Waals surface area contributed by atoms with E-state index in [9.17, 15) is 0 Å². The number of hydrogen-bond donors (Lipinski definition) is 0. The van der Waals surface area contributed by atoms with E-state index in [-0.39, 0.29) is 0 Å². The van der Waals surface area contributed by atoms with E-state index >= 15 is 0 Å². The molecular formula is C10H16Cl2S. The highest BCUT2D eigenvalue weighted by molar-refractivity contribution is 7.99. The zero-order chi connectivity index (χ0) is 10.1. The molecule has 0 fully saturated rings. The summed E-state index contributed by atoms with van der Waals surface area (Å²) in [7, 11) is 0. The van der Waals surface area contributed by atoms with E-state index in [4.69, 9.17) is 23.2 Å². The highest BCUT2D eigenvalue weighted by atomic mass is 35.5. The van der Waals surface area contributed by atoms with Gasteiger partial charge < -0.3 is 0 Å². The lowest BCUT2D eigenvalue weighted by Gasteiger charge is -1.96. The van der Waals surface area contributed by atoms with Gasteiger partial charge in [-0.3, -0.25) is 0 Å². The lowest BCUT2D eigenvalue weighted by molar-refractivity contribution is 1.37. The Bertz CT molecular complexity index is 165. The van der Waals surface area contributed by atoms with E-state index in [0.717, 1.165) is 11.5 Å². The number of thioether (sulfide) groups is 1. The molecule has 0 amide bonds. The summed E-state index contributed by atoms with van der Waals surface area (Å²) in [6.07, 6.45) is 4.34. The van der Waals surface area contributed by atoms with E-state index < -0.39 is 0 Å². The van der Waals surface area contributed by atoms with Crippen LogP contribution in [0.1, 0.15) is 13.8 Å². The third-order valence-electron chi connectivity index (χ3n) is 1.52. The average Bonchev–Trinajstić information content (AvgIpc) is 2.16. The Morgan fingerprint density at radius 2 is 1.38 bits per heavy atom. The topological polar surface area (TPSA) is 0 Å². The monoisotopic (exact) mass is 238 g/mol. The van der Waals surface area contributed by atoms with Crippen molar-refractivity contribution < 1.29 is 0 Å². The molecule has 76 valence electrons. The van der Waals surface area contributed by atoms with Crippen LogP contribution in [-0.4, -0.2) is 23.3 Å². The summed E-state index contributed by atoms with van der Waals surface area (Å²) in [4.78, 5) is 0. The predicted molar refractivity (Wildman–Crippen MR) is 66.3 cm³/mol. The second kappa shape index (κ2) is 8.98. The first-order chi connectivity index (χ1) is 6.20. The lowest BCUT2D eigenvalue weighted by atomic mass is 10.3. The van der Waals surface area contributed by atoms with Crippen LogP contribution >= 0.6 is 35.0 Å². The molecule has 0 saturated heterocycles. The van der Waals surface area contributed by atoms with Crippen LogP contribution in [0.4, 0.5) is 0 Å². The van der Waals surface area contributed by atoms with Gasteiger partial charge >= 0.3 is 0 Å². The first-order valence-electron chi connectivity index (χ1n) is 4.21. The normalized spacial score (nSPS) is 13.5. The molecule has 0 aliphatic heterocycles. The van der Waals surface area contributed by atoms with E-state index in [1.54, 1.807) is 0 Å². The SMILES string of the molecule is C/C(=C\CSC/C=C(\C)CCl)CCl. The second-order valence-electron chi connectivity index (χ2n) is 2.91. The summed E-state index contributed by atoms with van der Waals surface area (Å²) >= 11 is 13.1. The summed E-state index contributed by atoms with van der Waals surface area (Å²) in [5.41, 5.74) is 2.49. The zero-order valence-electron chi connectivity index (χ0n) is 8.15.